The highest BCUT2D eigenvalue weighted by molar-refractivity contribution is 5.95. The third-order valence-electron chi connectivity index (χ3n) is 3.42. The Morgan fingerprint density at radius 3 is 2.95 bits per heavy atom. The molecule has 1 saturated heterocycles. The Kier molecular flexibility index (Phi) is 4.56. The molecule has 1 amide bonds. The van der Waals surface area contributed by atoms with E-state index in [1.54, 1.807) is 0 Å². The predicted octanol–water partition coefficient (Wildman–Crippen LogP) is 2.13. The molecule has 1 aliphatic rings. The number of nitrogens with one attached hydrogen (secondary N) is 2. The van der Waals surface area contributed by atoms with Gasteiger partial charge in [-0.1, -0.05) is 26.0 Å². The van der Waals surface area contributed by atoms with Gasteiger partial charge < -0.3 is 15.4 Å². The van der Waals surface area contributed by atoms with Crippen molar-refractivity contribution in [3.05, 3.63) is 29.8 Å². The first-order chi connectivity index (χ1) is 9.08. The molecule has 1 aromatic carbocycles. The molecule has 2 rings (SSSR count). The average Bonchev–Trinajstić information content (AvgIpc) is 2.39. The largest absolute Gasteiger partial charge is 0.375 e. The smallest absolute Gasteiger partial charge is 0.244 e. The second kappa shape index (κ2) is 6.17. The monoisotopic (exact) mass is 262 g/mol. The van der Waals surface area contributed by atoms with E-state index in [1.165, 1.54) is 5.56 Å². The van der Waals surface area contributed by atoms with Crippen LogP contribution in [0.5, 0.6) is 0 Å². The molecule has 0 aliphatic carbocycles. The normalized spacial score (nSPS) is 23.4. The number of ether oxygens (including phenoxy) is 1. The molecular weight excluding hydrogens is 240 g/mol. The second-order valence-corrected chi connectivity index (χ2v) is 5.28. The minimum Gasteiger partial charge on any atom is -0.375 e. The van der Waals surface area contributed by atoms with Crippen LogP contribution >= 0.6 is 0 Å². The van der Waals surface area contributed by atoms with Crippen molar-refractivity contribution in [1.82, 2.24) is 5.32 Å². The summed E-state index contributed by atoms with van der Waals surface area (Å²) in [6.45, 7) is 7.57. The number of rotatable bonds is 3. The van der Waals surface area contributed by atoms with Crippen LogP contribution < -0.4 is 10.6 Å². The van der Waals surface area contributed by atoms with Crippen molar-refractivity contribution < 1.29 is 9.53 Å². The third kappa shape index (κ3) is 3.55. The van der Waals surface area contributed by atoms with Crippen molar-refractivity contribution in [2.75, 3.05) is 18.5 Å². The molecule has 19 heavy (non-hydrogen) atoms. The van der Waals surface area contributed by atoms with Crippen LogP contribution in [0.25, 0.3) is 0 Å². The Hall–Kier alpha value is -1.39. The van der Waals surface area contributed by atoms with Gasteiger partial charge in [0.2, 0.25) is 5.91 Å². The standard InChI is InChI=1S/C15H22N2O2/c1-10(2)12-5-4-6-13(9-12)17-15(18)14-11(3)19-8-7-16-14/h4-6,9-11,14,16H,7-8H2,1-3H3,(H,17,18)/t11-,14+/m1/s1. The van der Waals surface area contributed by atoms with E-state index in [4.69, 9.17) is 4.74 Å². The lowest BCUT2D eigenvalue weighted by Crippen LogP contribution is -2.53. The summed E-state index contributed by atoms with van der Waals surface area (Å²) in [5.74, 6) is 0.417. The summed E-state index contributed by atoms with van der Waals surface area (Å²) in [6, 6.07) is 7.70. The molecule has 0 aromatic heterocycles. The Bertz CT molecular complexity index is 446. The van der Waals surface area contributed by atoms with E-state index in [-0.39, 0.29) is 18.1 Å². The number of hydrogen-bond acceptors (Lipinski definition) is 3. The molecular formula is C15H22N2O2. The molecule has 0 radical (unpaired) electrons. The summed E-state index contributed by atoms with van der Waals surface area (Å²) in [7, 11) is 0. The molecule has 0 bridgehead atoms. The molecule has 104 valence electrons. The molecule has 1 fully saturated rings. The van der Waals surface area contributed by atoms with Crippen LogP contribution in [0.2, 0.25) is 0 Å². The van der Waals surface area contributed by atoms with Crippen LogP contribution in [0.15, 0.2) is 24.3 Å². The first kappa shape index (κ1) is 14.0. The van der Waals surface area contributed by atoms with E-state index in [1.807, 2.05) is 25.1 Å². The first-order valence-corrected chi connectivity index (χ1v) is 6.83. The maximum absolute atomic E-state index is 12.2. The van der Waals surface area contributed by atoms with Crippen molar-refractivity contribution in [3.63, 3.8) is 0 Å². The lowest BCUT2D eigenvalue weighted by molar-refractivity contribution is -0.123. The zero-order valence-corrected chi connectivity index (χ0v) is 11.8. The van der Waals surface area contributed by atoms with Crippen LogP contribution in [-0.2, 0) is 9.53 Å². The molecule has 1 aliphatic heterocycles. The molecule has 2 atom stereocenters. The zero-order chi connectivity index (χ0) is 13.8. The van der Waals surface area contributed by atoms with Gasteiger partial charge in [-0.05, 0) is 30.5 Å². The quantitative estimate of drug-likeness (QED) is 0.877. The van der Waals surface area contributed by atoms with E-state index in [2.05, 4.69) is 30.5 Å². The Labute approximate surface area is 114 Å². The maximum atomic E-state index is 12.2. The summed E-state index contributed by atoms with van der Waals surface area (Å²) < 4.78 is 5.49. The first-order valence-electron chi connectivity index (χ1n) is 6.83. The topological polar surface area (TPSA) is 50.4 Å². The second-order valence-electron chi connectivity index (χ2n) is 5.28. The molecule has 1 heterocycles. The Morgan fingerprint density at radius 1 is 1.47 bits per heavy atom. The van der Waals surface area contributed by atoms with Crippen LogP contribution in [0.4, 0.5) is 5.69 Å². The molecule has 0 spiro atoms. The van der Waals surface area contributed by atoms with Gasteiger partial charge in [-0.25, -0.2) is 0 Å². The molecule has 0 unspecified atom stereocenters. The van der Waals surface area contributed by atoms with E-state index in [9.17, 15) is 4.79 Å². The molecule has 1 aromatic rings. The molecule has 4 heteroatoms. The number of morpholine rings is 1. The van der Waals surface area contributed by atoms with Crippen LogP contribution in [0, 0.1) is 0 Å². The molecule has 4 nitrogen and oxygen atoms in total. The van der Waals surface area contributed by atoms with E-state index in [0.29, 0.717) is 19.1 Å². The van der Waals surface area contributed by atoms with E-state index < -0.39 is 0 Å². The van der Waals surface area contributed by atoms with Gasteiger partial charge in [-0.2, -0.15) is 0 Å². The van der Waals surface area contributed by atoms with Gasteiger partial charge in [-0.15, -0.1) is 0 Å². The number of benzene rings is 1. The van der Waals surface area contributed by atoms with Gasteiger partial charge in [0.1, 0.15) is 6.04 Å². The number of hydrogen-bond donors (Lipinski definition) is 2. The van der Waals surface area contributed by atoms with Crippen molar-refractivity contribution >= 4 is 11.6 Å². The van der Waals surface area contributed by atoms with Crippen molar-refractivity contribution in [2.24, 2.45) is 0 Å². The molecule has 0 saturated carbocycles. The van der Waals surface area contributed by atoms with E-state index in [0.717, 1.165) is 5.69 Å². The minimum atomic E-state index is -0.281. The fourth-order valence-electron chi connectivity index (χ4n) is 2.22. The van der Waals surface area contributed by atoms with Crippen LogP contribution in [0.1, 0.15) is 32.3 Å². The number of carbonyl (C=O) groups excluding carboxylic acids is 1. The van der Waals surface area contributed by atoms with Gasteiger partial charge in [0, 0.05) is 12.2 Å². The van der Waals surface area contributed by atoms with Gasteiger partial charge >= 0.3 is 0 Å². The van der Waals surface area contributed by atoms with Crippen molar-refractivity contribution in [1.29, 1.82) is 0 Å². The van der Waals surface area contributed by atoms with E-state index >= 15 is 0 Å². The van der Waals surface area contributed by atoms with Crippen LogP contribution in [0.3, 0.4) is 0 Å². The number of carbonyl (C=O) groups is 1. The van der Waals surface area contributed by atoms with Crippen molar-refractivity contribution in [3.8, 4) is 0 Å². The van der Waals surface area contributed by atoms with Gasteiger partial charge in [-0.3, -0.25) is 4.79 Å². The SMILES string of the molecule is CC(C)c1cccc(NC(=O)[C@H]2NCCO[C@@H]2C)c1. The minimum absolute atomic E-state index is 0.0342. The lowest BCUT2D eigenvalue weighted by Gasteiger charge is -2.29. The Balaban J connectivity index is 2.03. The highest BCUT2D eigenvalue weighted by Crippen LogP contribution is 2.19. The summed E-state index contributed by atoms with van der Waals surface area (Å²) >= 11 is 0. The van der Waals surface area contributed by atoms with Gasteiger partial charge in [0.15, 0.2) is 0 Å². The summed E-state index contributed by atoms with van der Waals surface area (Å²) in [5, 5.41) is 6.15. The van der Waals surface area contributed by atoms with Crippen LogP contribution in [-0.4, -0.2) is 31.2 Å². The number of amides is 1. The average molecular weight is 262 g/mol. The zero-order valence-electron chi connectivity index (χ0n) is 11.8. The lowest BCUT2D eigenvalue weighted by atomic mass is 10.0. The maximum Gasteiger partial charge on any atom is 0.244 e. The van der Waals surface area contributed by atoms with Gasteiger partial charge in [0.05, 0.1) is 12.7 Å². The summed E-state index contributed by atoms with van der Waals surface area (Å²) in [6.07, 6.45) is -0.0953. The fraction of sp³-hybridized carbons (Fsp3) is 0.533. The summed E-state index contributed by atoms with van der Waals surface area (Å²) in [4.78, 5) is 12.2. The van der Waals surface area contributed by atoms with Crippen molar-refractivity contribution in [2.45, 2.75) is 38.8 Å². The Morgan fingerprint density at radius 2 is 2.26 bits per heavy atom. The molecule has 2 N–H and O–H groups in total. The third-order valence-corrected chi connectivity index (χ3v) is 3.42. The number of anilines is 1. The fourth-order valence-corrected chi connectivity index (χ4v) is 2.22. The highest BCUT2D eigenvalue weighted by atomic mass is 16.5. The predicted molar refractivity (Wildman–Crippen MR) is 76.4 cm³/mol. The summed E-state index contributed by atoms with van der Waals surface area (Å²) in [5.41, 5.74) is 2.06. The van der Waals surface area contributed by atoms with Gasteiger partial charge in [0.25, 0.3) is 0 Å². The highest BCUT2D eigenvalue weighted by Gasteiger charge is 2.28.